The normalized spacial score (nSPS) is 32.8. The molecule has 12 unspecified atom stereocenters. The maximum Gasteiger partial charge on any atom is 0.209 e. The second kappa shape index (κ2) is 25.4. The van der Waals surface area contributed by atoms with Crippen LogP contribution < -0.4 is 0 Å². The molecule has 2 rings (SSSR count). The van der Waals surface area contributed by atoms with E-state index < -0.39 is 125 Å². The van der Waals surface area contributed by atoms with Crippen molar-refractivity contribution in [2.45, 2.75) is 170 Å². The standard InChI is InChI=1S/C33H64O19/c1-3-4-5-6-7-8-9-12-46-19(11-10-13-47-31-28(42)26(40)24(38)21(15-35)50-31)23(17-48-33(30(44)45)49-20(14-34)18(2)37)52-32-29(43)27(41)25(39)22(16-36)51-32/h18-45H,3-17H2,1-2H3/t18-,19+,20?,21?,22?,23-,24?,25?,26?,27?,28?,29?,31?,32?,33?/m0/s1. The molecule has 0 aliphatic carbocycles. The lowest BCUT2D eigenvalue weighted by Crippen LogP contribution is -2.60. The summed E-state index contributed by atoms with van der Waals surface area (Å²) in [4.78, 5) is 0. The summed E-state index contributed by atoms with van der Waals surface area (Å²) in [5.74, 6) is 0. The fourth-order valence-electron chi connectivity index (χ4n) is 5.81. The van der Waals surface area contributed by atoms with Crippen molar-refractivity contribution in [3.05, 3.63) is 0 Å². The molecule has 0 spiro atoms. The van der Waals surface area contributed by atoms with Crippen LogP contribution in [0.4, 0.5) is 0 Å². The van der Waals surface area contributed by atoms with Crippen molar-refractivity contribution in [2.24, 2.45) is 0 Å². The van der Waals surface area contributed by atoms with Crippen molar-refractivity contribution in [1.29, 1.82) is 0 Å². The third-order valence-corrected chi connectivity index (χ3v) is 9.11. The topological polar surface area (TPSA) is 307 Å². The summed E-state index contributed by atoms with van der Waals surface area (Å²) < 4.78 is 39.9. The molecular weight excluding hydrogens is 700 g/mol. The molecule has 310 valence electrons. The van der Waals surface area contributed by atoms with Crippen molar-refractivity contribution in [1.82, 2.24) is 0 Å². The molecule has 2 fully saturated rings. The molecule has 2 aliphatic rings. The van der Waals surface area contributed by atoms with Gasteiger partial charge in [0, 0.05) is 13.2 Å². The molecule has 19 heteroatoms. The highest BCUT2D eigenvalue weighted by Crippen LogP contribution is 2.27. The van der Waals surface area contributed by atoms with Crippen LogP contribution in [-0.2, 0) is 33.2 Å². The van der Waals surface area contributed by atoms with E-state index in [1.807, 2.05) is 0 Å². The highest BCUT2D eigenvalue weighted by Gasteiger charge is 2.46. The number of hydrogen-bond acceptors (Lipinski definition) is 19. The first-order valence-corrected chi connectivity index (χ1v) is 18.2. The summed E-state index contributed by atoms with van der Waals surface area (Å²) in [6.07, 6.45) is -17.0. The Labute approximate surface area is 304 Å². The summed E-state index contributed by atoms with van der Waals surface area (Å²) in [5.41, 5.74) is 0. The smallest absolute Gasteiger partial charge is 0.209 e. The molecule has 0 radical (unpaired) electrons. The second-order valence-corrected chi connectivity index (χ2v) is 13.3. The lowest BCUT2D eigenvalue weighted by Gasteiger charge is -2.42. The van der Waals surface area contributed by atoms with E-state index in [0.717, 1.165) is 38.5 Å². The molecule has 2 aliphatic heterocycles. The zero-order valence-electron chi connectivity index (χ0n) is 30.1. The van der Waals surface area contributed by atoms with E-state index in [-0.39, 0.29) is 26.1 Å². The molecule has 52 heavy (non-hydrogen) atoms. The van der Waals surface area contributed by atoms with Gasteiger partial charge in [0.15, 0.2) is 12.6 Å². The Kier molecular flexibility index (Phi) is 23.2. The van der Waals surface area contributed by atoms with E-state index in [0.29, 0.717) is 6.42 Å². The van der Waals surface area contributed by atoms with Gasteiger partial charge in [0.05, 0.1) is 38.6 Å². The van der Waals surface area contributed by atoms with Crippen LogP contribution in [0.2, 0.25) is 0 Å². The largest absolute Gasteiger partial charge is 0.394 e. The third-order valence-electron chi connectivity index (χ3n) is 9.11. The van der Waals surface area contributed by atoms with Crippen LogP contribution in [0.1, 0.15) is 71.6 Å². The number of ether oxygens (including phenoxy) is 7. The Hall–Kier alpha value is -0.760. The van der Waals surface area contributed by atoms with Gasteiger partial charge in [-0.25, -0.2) is 0 Å². The first kappa shape index (κ1) is 47.4. The molecule has 0 bridgehead atoms. The fraction of sp³-hybridized carbons (Fsp3) is 1.00. The first-order valence-electron chi connectivity index (χ1n) is 18.2. The Balaban J connectivity index is 2.26. The van der Waals surface area contributed by atoms with Crippen LogP contribution in [0.3, 0.4) is 0 Å². The zero-order valence-corrected chi connectivity index (χ0v) is 30.1. The molecule has 0 aromatic carbocycles. The van der Waals surface area contributed by atoms with Gasteiger partial charge in [-0.15, -0.1) is 0 Å². The van der Waals surface area contributed by atoms with Crippen molar-refractivity contribution < 1.29 is 94.4 Å². The maximum atomic E-state index is 10.7. The highest BCUT2D eigenvalue weighted by atomic mass is 16.7. The number of aliphatic hydroxyl groups excluding tert-OH is 11. The summed E-state index contributed by atoms with van der Waals surface area (Å²) in [5, 5.41) is 121. The van der Waals surface area contributed by atoms with Crippen LogP contribution in [0.25, 0.3) is 0 Å². The minimum absolute atomic E-state index is 0.0960. The molecule has 0 amide bonds. The van der Waals surface area contributed by atoms with Gasteiger partial charge in [-0.05, 0) is 26.2 Å². The lowest BCUT2D eigenvalue weighted by atomic mass is 9.99. The van der Waals surface area contributed by atoms with E-state index in [9.17, 15) is 61.3 Å². The van der Waals surface area contributed by atoms with Crippen molar-refractivity contribution >= 4 is 0 Å². The SMILES string of the molecule is CCCCCCCCCO[C@H](CCCOC1OC(CO)C(O)C(O)C1O)[C@H](COC(OC(CO)[C@H](C)O)C(O)O)OC1OC(CO)C(O)C(O)C1O. The van der Waals surface area contributed by atoms with E-state index in [1.165, 1.54) is 6.92 Å². The van der Waals surface area contributed by atoms with Gasteiger partial charge in [0.1, 0.15) is 61.0 Å². The second-order valence-electron chi connectivity index (χ2n) is 13.3. The molecule has 0 aromatic rings. The van der Waals surface area contributed by atoms with E-state index in [4.69, 9.17) is 33.2 Å². The van der Waals surface area contributed by atoms with E-state index in [1.54, 1.807) is 0 Å². The fourth-order valence-corrected chi connectivity index (χ4v) is 5.81. The average Bonchev–Trinajstić information content (AvgIpc) is 3.12. The summed E-state index contributed by atoms with van der Waals surface area (Å²) in [7, 11) is 0. The minimum atomic E-state index is -2.25. The van der Waals surface area contributed by atoms with Gasteiger partial charge in [0.2, 0.25) is 12.6 Å². The van der Waals surface area contributed by atoms with Gasteiger partial charge in [-0.3, -0.25) is 0 Å². The molecule has 19 nitrogen and oxygen atoms in total. The average molecular weight is 765 g/mol. The van der Waals surface area contributed by atoms with Gasteiger partial charge in [-0.1, -0.05) is 45.4 Å². The Bertz CT molecular complexity index is 899. The van der Waals surface area contributed by atoms with Crippen LogP contribution in [0, 0.1) is 0 Å². The van der Waals surface area contributed by atoms with Crippen molar-refractivity contribution in [2.75, 3.05) is 39.6 Å². The van der Waals surface area contributed by atoms with E-state index in [2.05, 4.69) is 6.92 Å². The van der Waals surface area contributed by atoms with Crippen LogP contribution in [0.5, 0.6) is 0 Å². The predicted octanol–water partition coefficient (Wildman–Crippen LogP) is -3.68. The number of hydrogen-bond donors (Lipinski definition) is 12. The quantitative estimate of drug-likeness (QED) is 0.0283. The predicted molar refractivity (Wildman–Crippen MR) is 177 cm³/mol. The summed E-state index contributed by atoms with van der Waals surface area (Å²) >= 11 is 0. The summed E-state index contributed by atoms with van der Waals surface area (Å²) in [6.45, 7) is 0.987. The number of rotatable bonds is 27. The summed E-state index contributed by atoms with van der Waals surface area (Å²) in [6, 6.07) is 0. The van der Waals surface area contributed by atoms with E-state index >= 15 is 0 Å². The highest BCUT2D eigenvalue weighted by molar-refractivity contribution is 4.90. The van der Waals surface area contributed by atoms with Crippen LogP contribution >= 0.6 is 0 Å². The van der Waals surface area contributed by atoms with Gasteiger partial charge in [-0.2, -0.15) is 0 Å². The third kappa shape index (κ3) is 15.1. The van der Waals surface area contributed by atoms with Crippen molar-refractivity contribution in [3.8, 4) is 0 Å². The molecule has 2 saturated heterocycles. The first-order chi connectivity index (χ1) is 24.8. The molecule has 12 N–H and O–H groups in total. The van der Waals surface area contributed by atoms with Crippen molar-refractivity contribution in [3.63, 3.8) is 0 Å². The molecule has 2 heterocycles. The number of aliphatic hydroxyl groups is 12. The monoisotopic (exact) mass is 764 g/mol. The van der Waals surface area contributed by atoms with Crippen LogP contribution in [-0.4, -0.2) is 199 Å². The zero-order chi connectivity index (χ0) is 38.8. The molecule has 0 saturated carbocycles. The Morgan fingerprint density at radius 2 is 1.15 bits per heavy atom. The van der Waals surface area contributed by atoms with Crippen LogP contribution in [0.15, 0.2) is 0 Å². The Morgan fingerprint density at radius 3 is 1.69 bits per heavy atom. The van der Waals surface area contributed by atoms with Gasteiger partial charge < -0.3 is 94.4 Å². The molecule has 15 atom stereocenters. The molecular formula is C33H64O19. The number of unbranched alkanes of at least 4 members (excludes halogenated alkanes) is 6. The lowest BCUT2D eigenvalue weighted by molar-refractivity contribution is -0.332. The molecule has 0 aromatic heterocycles. The van der Waals surface area contributed by atoms with Gasteiger partial charge in [0.25, 0.3) is 0 Å². The van der Waals surface area contributed by atoms with Gasteiger partial charge >= 0.3 is 0 Å². The maximum absolute atomic E-state index is 10.7. The minimum Gasteiger partial charge on any atom is -0.394 e. The Morgan fingerprint density at radius 1 is 0.596 bits per heavy atom.